The quantitative estimate of drug-likeness (QED) is 0.685. The minimum atomic E-state index is -0.606. The molecule has 1 saturated carbocycles. The molecular weight excluding hydrogens is 378 g/mol. The molecule has 1 aliphatic rings. The van der Waals surface area contributed by atoms with Crippen LogP contribution in [0.3, 0.4) is 0 Å². The van der Waals surface area contributed by atoms with Gasteiger partial charge in [0.2, 0.25) is 0 Å². The van der Waals surface area contributed by atoms with Crippen molar-refractivity contribution in [3.05, 3.63) is 70.3 Å². The Morgan fingerprint density at radius 3 is 2.47 bits per heavy atom. The summed E-state index contributed by atoms with van der Waals surface area (Å²) in [6.07, 6.45) is 1.44. The Kier molecular flexibility index (Phi) is 5.10. The Morgan fingerprint density at radius 2 is 1.83 bits per heavy atom. The van der Waals surface area contributed by atoms with Crippen LogP contribution in [0.2, 0.25) is 0 Å². The molecule has 0 aliphatic heterocycles. The maximum Gasteiger partial charge on any atom is 0.408 e. The van der Waals surface area contributed by atoms with E-state index in [-0.39, 0.29) is 11.5 Å². The van der Waals surface area contributed by atoms with Gasteiger partial charge in [-0.15, -0.1) is 0 Å². The maximum atomic E-state index is 13.6. The Balaban J connectivity index is 1.90. The van der Waals surface area contributed by atoms with Gasteiger partial charge in [0.15, 0.2) is 0 Å². The van der Waals surface area contributed by atoms with Gasteiger partial charge >= 0.3 is 6.09 Å². The van der Waals surface area contributed by atoms with Gasteiger partial charge in [0.1, 0.15) is 11.4 Å². The SMILES string of the molecule is Cc1cccc2nc([C@@H](NC(=O)OC(C)(C)C)C3CC3)n(-c3ccccc3)c(=O)c12. The van der Waals surface area contributed by atoms with Crippen LogP contribution in [0.1, 0.15) is 51.0 Å². The van der Waals surface area contributed by atoms with E-state index in [1.54, 1.807) is 4.57 Å². The fourth-order valence-electron chi connectivity index (χ4n) is 3.71. The van der Waals surface area contributed by atoms with Crippen molar-refractivity contribution in [2.45, 2.75) is 52.2 Å². The number of hydrogen-bond acceptors (Lipinski definition) is 4. The van der Waals surface area contributed by atoms with Crippen molar-refractivity contribution in [1.29, 1.82) is 0 Å². The van der Waals surface area contributed by atoms with Gasteiger partial charge in [0.25, 0.3) is 5.56 Å². The van der Waals surface area contributed by atoms with Crippen molar-refractivity contribution in [2.75, 3.05) is 0 Å². The molecule has 1 amide bonds. The first kappa shape index (κ1) is 20.1. The number of aromatic nitrogens is 2. The third kappa shape index (κ3) is 4.08. The molecule has 2 aromatic carbocycles. The summed E-state index contributed by atoms with van der Waals surface area (Å²) in [6, 6.07) is 14.7. The number of para-hydroxylation sites is 1. The van der Waals surface area contributed by atoms with Crippen molar-refractivity contribution in [1.82, 2.24) is 14.9 Å². The van der Waals surface area contributed by atoms with Crippen molar-refractivity contribution < 1.29 is 9.53 Å². The lowest BCUT2D eigenvalue weighted by Crippen LogP contribution is -2.39. The number of carbonyl (C=O) groups is 1. The van der Waals surface area contributed by atoms with Crippen molar-refractivity contribution in [3.63, 3.8) is 0 Å². The number of alkyl carbamates (subject to hydrolysis) is 1. The van der Waals surface area contributed by atoms with Crippen LogP contribution in [0, 0.1) is 12.8 Å². The molecule has 3 aromatic rings. The number of nitrogens with one attached hydrogen (secondary N) is 1. The smallest absolute Gasteiger partial charge is 0.408 e. The number of nitrogens with zero attached hydrogens (tertiary/aromatic N) is 2. The summed E-state index contributed by atoms with van der Waals surface area (Å²) in [7, 11) is 0. The number of hydrogen-bond donors (Lipinski definition) is 1. The van der Waals surface area contributed by atoms with Gasteiger partial charge in [-0.2, -0.15) is 0 Å². The first-order valence-electron chi connectivity index (χ1n) is 10.3. The van der Waals surface area contributed by atoms with E-state index in [0.717, 1.165) is 24.1 Å². The molecule has 156 valence electrons. The summed E-state index contributed by atoms with van der Waals surface area (Å²) in [5.41, 5.74) is 1.51. The summed E-state index contributed by atoms with van der Waals surface area (Å²) in [5.74, 6) is 0.763. The van der Waals surface area contributed by atoms with Crippen molar-refractivity contribution >= 4 is 17.0 Å². The monoisotopic (exact) mass is 405 g/mol. The zero-order valence-electron chi connectivity index (χ0n) is 17.8. The molecular formula is C24H27N3O3. The molecule has 1 aromatic heterocycles. The molecule has 1 heterocycles. The average Bonchev–Trinajstić information content (AvgIpc) is 3.50. The summed E-state index contributed by atoms with van der Waals surface area (Å²) >= 11 is 0. The minimum absolute atomic E-state index is 0.129. The second-order valence-corrected chi connectivity index (χ2v) is 8.88. The van der Waals surface area contributed by atoms with E-state index < -0.39 is 17.7 Å². The summed E-state index contributed by atoms with van der Waals surface area (Å²) in [6.45, 7) is 7.40. The summed E-state index contributed by atoms with van der Waals surface area (Å²) in [5, 5.41) is 3.58. The van der Waals surface area contributed by atoms with Crippen LogP contribution in [-0.2, 0) is 4.74 Å². The summed E-state index contributed by atoms with van der Waals surface area (Å²) in [4.78, 5) is 31.1. The fourth-order valence-corrected chi connectivity index (χ4v) is 3.71. The molecule has 6 heteroatoms. The van der Waals surface area contributed by atoms with E-state index in [4.69, 9.17) is 9.72 Å². The van der Waals surface area contributed by atoms with Crippen LogP contribution in [0.25, 0.3) is 16.6 Å². The Morgan fingerprint density at radius 1 is 1.13 bits per heavy atom. The van der Waals surface area contributed by atoms with Crippen LogP contribution in [-0.4, -0.2) is 21.2 Å². The van der Waals surface area contributed by atoms with Crippen LogP contribution >= 0.6 is 0 Å². The third-order valence-electron chi connectivity index (χ3n) is 5.19. The number of ether oxygens (including phenoxy) is 1. The first-order chi connectivity index (χ1) is 14.2. The maximum absolute atomic E-state index is 13.6. The number of aryl methyl sites for hydroxylation is 1. The highest BCUT2D eigenvalue weighted by Gasteiger charge is 2.38. The zero-order chi connectivity index (χ0) is 21.5. The second kappa shape index (κ2) is 7.59. The van der Waals surface area contributed by atoms with Crippen LogP contribution in [0.5, 0.6) is 0 Å². The Labute approximate surface area is 175 Å². The van der Waals surface area contributed by atoms with E-state index in [0.29, 0.717) is 16.7 Å². The number of rotatable bonds is 4. The molecule has 1 fully saturated rings. The van der Waals surface area contributed by atoms with Gasteiger partial charge in [-0.05, 0) is 70.2 Å². The van der Waals surface area contributed by atoms with Gasteiger partial charge in [0, 0.05) is 0 Å². The first-order valence-corrected chi connectivity index (χ1v) is 10.3. The number of fused-ring (bicyclic) bond motifs is 1. The second-order valence-electron chi connectivity index (χ2n) is 8.88. The number of amides is 1. The molecule has 1 N–H and O–H groups in total. The van der Waals surface area contributed by atoms with E-state index in [9.17, 15) is 9.59 Å². The highest BCUT2D eigenvalue weighted by Crippen LogP contribution is 2.41. The van der Waals surface area contributed by atoms with Gasteiger partial charge in [0.05, 0.1) is 22.6 Å². The predicted molar refractivity (Wildman–Crippen MR) is 117 cm³/mol. The molecule has 1 aliphatic carbocycles. The van der Waals surface area contributed by atoms with E-state index >= 15 is 0 Å². The largest absolute Gasteiger partial charge is 0.444 e. The van der Waals surface area contributed by atoms with Crippen molar-refractivity contribution in [3.8, 4) is 5.69 Å². The van der Waals surface area contributed by atoms with Gasteiger partial charge in [-0.25, -0.2) is 9.78 Å². The third-order valence-corrected chi connectivity index (χ3v) is 5.19. The zero-order valence-corrected chi connectivity index (χ0v) is 17.8. The van der Waals surface area contributed by atoms with Crippen molar-refractivity contribution in [2.24, 2.45) is 5.92 Å². The molecule has 0 radical (unpaired) electrons. The van der Waals surface area contributed by atoms with E-state index in [1.165, 1.54) is 0 Å². The lowest BCUT2D eigenvalue weighted by atomic mass is 10.1. The molecule has 1 atom stereocenters. The highest BCUT2D eigenvalue weighted by atomic mass is 16.6. The van der Waals surface area contributed by atoms with Gasteiger partial charge in [-0.3, -0.25) is 9.36 Å². The highest BCUT2D eigenvalue weighted by molar-refractivity contribution is 5.81. The van der Waals surface area contributed by atoms with Crippen LogP contribution < -0.4 is 10.9 Å². The molecule has 30 heavy (non-hydrogen) atoms. The van der Waals surface area contributed by atoms with Gasteiger partial charge < -0.3 is 10.1 Å². The fraction of sp³-hybridized carbons (Fsp3) is 0.375. The lowest BCUT2D eigenvalue weighted by molar-refractivity contribution is 0.0493. The van der Waals surface area contributed by atoms with E-state index in [2.05, 4.69) is 5.32 Å². The Bertz CT molecular complexity index is 1140. The molecule has 0 spiro atoms. The Hall–Kier alpha value is -3.15. The lowest BCUT2D eigenvalue weighted by Gasteiger charge is -2.25. The summed E-state index contributed by atoms with van der Waals surface area (Å²) < 4.78 is 7.12. The number of carbonyl (C=O) groups excluding carboxylic acids is 1. The molecule has 4 rings (SSSR count). The average molecular weight is 405 g/mol. The molecule has 0 bridgehead atoms. The predicted octanol–water partition coefficient (Wildman–Crippen LogP) is 4.67. The minimum Gasteiger partial charge on any atom is -0.444 e. The van der Waals surface area contributed by atoms with Crippen LogP contribution in [0.4, 0.5) is 4.79 Å². The van der Waals surface area contributed by atoms with Gasteiger partial charge in [-0.1, -0.05) is 30.3 Å². The normalized spacial score (nSPS) is 15.1. The van der Waals surface area contributed by atoms with E-state index in [1.807, 2.05) is 76.2 Å². The topological polar surface area (TPSA) is 73.2 Å². The molecule has 6 nitrogen and oxygen atoms in total. The molecule has 0 saturated heterocycles. The number of benzene rings is 2. The van der Waals surface area contributed by atoms with Crippen LogP contribution in [0.15, 0.2) is 53.3 Å². The molecule has 0 unspecified atom stereocenters. The standard InChI is InChI=1S/C24H27N3O3/c1-15-9-8-12-18-19(15)22(28)27(17-10-6-5-7-11-17)21(25-18)20(16-13-14-16)26-23(29)30-24(2,3)4/h5-12,16,20H,13-14H2,1-4H3,(H,26,29)/t20-/m0/s1.